The number of hydrogen-bond donors (Lipinski definition) is 0. The molecule has 4 aromatic carbocycles. The maximum absolute atomic E-state index is 14.0. The molecule has 0 bridgehead atoms. The van der Waals surface area contributed by atoms with Crippen molar-refractivity contribution in [3.8, 4) is 0 Å². The van der Waals surface area contributed by atoms with Gasteiger partial charge in [-0.1, -0.05) is 60.7 Å². The van der Waals surface area contributed by atoms with E-state index >= 15 is 0 Å². The fraction of sp³-hybridized carbons (Fsp3) is 0.161. The second-order valence-electron chi connectivity index (χ2n) is 9.86. The van der Waals surface area contributed by atoms with E-state index in [1.165, 1.54) is 9.91 Å². The number of benzene rings is 4. The highest BCUT2D eigenvalue weighted by Crippen LogP contribution is 2.39. The summed E-state index contributed by atoms with van der Waals surface area (Å²) in [6, 6.07) is 25.4. The largest absolute Gasteiger partial charge is 0.276 e. The van der Waals surface area contributed by atoms with Crippen LogP contribution < -0.4 is 0 Å². The van der Waals surface area contributed by atoms with Gasteiger partial charge in [-0.15, -0.1) is 0 Å². The van der Waals surface area contributed by atoms with E-state index in [0.717, 1.165) is 11.1 Å². The van der Waals surface area contributed by atoms with Gasteiger partial charge >= 0.3 is 0 Å². The predicted octanol–water partition coefficient (Wildman–Crippen LogP) is 5.06. The van der Waals surface area contributed by atoms with E-state index in [4.69, 9.17) is 0 Å². The molecule has 2 aliphatic heterocycles. The maximum atomic E-state index is 14.0. The van der Waals surface area contributed by atoms with Crippen LogP contribution in [0.3, 0.4) is 0 Å². The third kappa shape index (κ3) is 3.63. The number of rotatable bonds is 6. The molecule has 0 aromatic heterocycles. The second-order valence-corrected chi connectivity index (χ2v) is 9.86. The molecule has 0 fully saturated rings. The molecule has 4 aromatic rings. The molecule has 0 N–H and O–H groups in total. The van der Waals surface area contributed by atoms with Gasteiger partial charge < -0.3 is 0 Å². The maximum Gasteiger partial charge on any atom is 0.276 e. The highest BCUT2D eigenvalue weighted by atomic mass is 16.2. The van der Waals surface area contributed by atoms with Crippen molar-refractivity contribution in [1.82, 2.24) is 14.9 Å². The van der Waals surface area contributed by atoms with Crippen LogP contribution >= 0.6 is 0 Å². The average molecular weight is 504 g/mol. The number of hydrazine groups is 1. The molecule has 4 amide bonds. The Morgan fingerprint density at radius 3 is 1.29 bits per heavy atom. The standard InChI is InChI=1S/C31H25N3O4/c1-19(2)33-28(35)22-13-15-24-27-25(16-14-23(26(22)27)29(33)36)31(38)34(30(24)37)32(17-20-9-5-3-6-10-20)18-21-11-7-4-8-12-21/h3-16,19H,17-18H2,1-2H3. The lowest BCUT2D eigenvalue weighted by molar-refractivity contribution is -0.0120. The molecule has 188 valence electrons. The molecule has 0 saturated carbocycles. The molecule has 2 aliphatic rings. The number of hydrogen-bond acceptors (Lipinski definition) is 5. The van der Waals surface area contributed by atoms with Crippen LogP contribution in [0.25, 0.3) is 10.8 Å². The summed E-state index contributed by atoms with van der Waals surface area (Å²) in [5.41, 5.74) is 3.15. The highest BCUT2D eigenvalue weighted by molar-refractivity contribution is 6.33. The van der Waals surface area contributed by atoms with Gasteiger partial charge in [0.05, 0.1) is 11.1 Å². The summed E-state index contributed by atoms with van der Waals surface area (Å²) in [4.78, 5) is 55.7. The zero-order chi connectivity index (χ0) is 26.6. The first-order chi connectivity index (χ1) is 18.4. The van der Waals surface area contributed by atoms with Crippen molar-refractivity contribution in [2.75, 3.05) is 0 Å². The summed E-state index contributed by atoms with van der Waals surface area (Å²) < 4.78 is 0. The van der Waals surface area contributed by atoms with Gasteiger partial charge in [0.15, 0.2) is 0 Å². The van der Waals surface area contributed by atoms with Crippen LogP contribution in [0, 0.1) is 0 Å². The Balaban J connectivity index is 1.48. The van der Waals surface area contributed by atoms with Gasteiger partial charge in [0.1, 0.15) is 0 Å². The van der Waals surface area contributed by atoms with Crippen molar-refractivity contribution >= 4 is 34.4 Å². The molecule has 7 nitrogen and oxygen atoms in total. The second kappa shape index (κ2) is 9.04. The van der Waals surface area contributed by atoms with Crippen LogP contribution in [0.1, 0.15) is 66.4 Å². The van der Waals surface area contributed by atoms with E-state index in [1.807, 2.05) is 60.7 Å². The van der Waals surface area contributed by atoms with Crippen LogP contribution in [-0.2, 0) is 13.1 Å². The van der Waals surface area contributed by atoms with Gasteiger partial charge in [-0.3, -0.25) is 24.1 Å². The minimum absolute atomic E-state index is 0.296. The molecular weight excluding hydrogens is 478 g/mol. The van der Waals surface area contributed by atoms with Gasteiger partial charge in [0, 0.05) is 41.0 Å². The smallest absolute Gasteiger partial charge is 0.272 e. The minimum atomic E-state index is -0.482. The SMILES string of the molecule is CC(C)N1C(=O)c2ccc3c4c(ccc(c24)C1=O)C(=O)N(N(Cc1ccccc1)Cc1ccccc1)C3=O. The van der Waals surface area contributed by atoms with Crippen molar-refractivity contribution in [3.63, 3.8) is 0 Å². The third-order valence-electron chi connectivity index (χ3n) is 7.12. The quantitative estimate of drug-likeness (QED) is 0.344. The summed E-state index contributed by atoms with van der Waals surface area (Å²) in [6.45, 7) is 4.23. The van der Waals surface area contributed by atoms with Crippen molar-refractivity contribution in [2.24, 2.45) is 0 Å². The Labute approximate surface area is 219 Å². The number of carbonyl (C=O) groups excluding carboxylic acids is 4. The molecule has 0 unspecified atom stereocenters. The van der Waals surface area contributed by atoms with Gasteiger partial charge in [0.25, 0.3) is 23.6 Å². The van der Waals surface area contributed by atoms with Gasteiger partial charge in [-0.25, -0.2) is 10.0 Å². The molecule has 2 heterocycles. The minimum Gasteiger partial charge on any atom is -0.272 e. The molecule has 0 spiro atoms. The molecular formula is C31H25N3O4. The van der Waals surface area contributed by atoms with Crippen molar-refractivity contribution < 1.29 is 19.2 Å². The number of nitrogens with zero attached hydrogens (tertiary/aromatic N) is 3. The molecule has 38 heavy (non-hydrogen) atoms. The van der Waals surface area contributed by atoms with E-state index in [9.17, 15) is 19.2 Å². The number of amides is 4. The Bertz CT molecular complexity index is 1520. The fourth-order valence-electron chi connectivity index (χ4n) is 5.39. The lowest BCUT2D eigenvalue weighted by atomic mass is 9.86. The Morgan fingerprint density at radius 2 is 0.921 bits per heavy atom. The van der Waals surface area contributed by atoms with E-state index in [0.29, 0.717) is 46.1 Å². The average Bonchev–Trinajstić information content (AvgIpc) is 2.91. The summed E-state index contributed by atoms with van der Waals surface area (Å²) in [5, 5.41) is 3.70. The van der Waals surface area contributed by atoms with Crippen molar-refractivity contribution in [1.29, 1.82) is 0 Å². The summed E-state index contributed by atoms with van der Waals surface area (Å²) >= 11 is 0. The van der Waals surface area contributed by atoms with Crippen LogP contribution in [0.4, 0.5) is 0 Å². The molecule has 7 heteroatoms. The topological polar surface area (TPSA) is 78.0 Å². The van der Waals surface area contributed by atoms with Crippen molar-refractivity contribution in [3.05, 3.63) is 118 Å². The number of imide groups is 2. The number of carbonyl (C=O) groups is 4. The molecule has 0 atom stereocenters. The van der Waals surface area contributed by atoms with Gasteiger partial charge in [-0.2, -0.15) is 0 Å². The molecule has 0 saturated heterocycles. The first kappa shape index (κ1) is 23.8. The summed E-state index contributed by atoms with van der Waals surface area (Å²) in [7, 11) is 0. The van der Waals surface area contributed by atoms with Crippen molar-refractivity contribution in [2.45, 2.75) is 33.0 Å². The first-order valence-electron chi connectivity index (χ1n) is 12.6. The third-order valence-corrected chi connectivity index (χ3v) is 7.12. The zero-order valence-corrected chi connectivity index (χ0v) is 21.0. The van der Waals surface area contributed by atoms with E-state index < -0.39 is 23.6 Å². The summed E-state index contributed by atoms with van der Waals surface area (Å²) in [6.07, 6.45) is 0. The van der Waals surface area contributed by atoms with Crippen LogP contribution in [-0.4, -0.2) is 44.6 Å². The van der Waals surface area contributed by atoms with Gasteiger partial charge in [0.2, 0.25) is 0 Å². The van der Waals surface area contributed by atoms with E-state index in [2.05, 4.69) is 0 Å². The first-order valence-corrected chi connectivity index (χ1v) is 12.6. The van der Waals surface area contributed by atoms with Crippen LogP contribution in [0.2, 0.25) is 0 Å². The van der Waals surface area contributed by atoms with E-state index in [-0.39, 0.29) is 6.04 Å². The molecule has 0 aliphatic carbocycles. The van der Waals surface area contributed by atoms with Gasteiger partial charge in [-0.05, 0) is 49.2 Å². The van der Waals surface area contributed by atoms with E-state index in [1.54, 1.807) is 43.1 Å². The zero-order valence-electron chi connectivity index (χ0n) is 21.0. The monoisotopic (exact) mass is 503 g/mol. The normalized spacial score (nSPS) is 14.8. The lowest BCUT2D eigenvalue weighted by Crippen LogP contribution is -2.51. The lowest BCUT2D eigenvalue weighted by Gasteiger charge is -2.37. The Morgan fingerprint density at radius 1 is 0.553 bits per heavy atom. The fourth-order valence-corrected chi connectivity index (χ4v) is 5.39. The van der Waals surface area contributed by atoms with Crippen LogP contribution in [0.15, 0.2) is 84.9 Å². The highest BCUT2D eigenvalue weighted by Gasteiger charge is 2.42. The van der Waals surface area contributed by atoms with Crippen LogP contribution in [0.5, 0.6) is 0 Å². The predicted molar refractivity (Wildman–Crippen MR) is 142 cm³/mol. The Kier molecular flexibility index (Phi) is 5.65. The molecule has 6 rings (SSSR count). The Hall–Kier alpha value is -4.62. The molecule has 0 radical (unpaired) electrons. The summed E-state index contributed by atoms with van der Waals surface area (Å²) in [5.74, 6) is -1.80.